The molecule has 0 radical (unpaired) electrons. The normalized spacial score (nSPS) is 11.9. The van der Waals surface area contributed by atoms with Gasteiger partial charge >= 0.3 is 0 Å². The Morgan fingerprint density at radius 3 is 2.30 bits per heavy atom. The van der Waals surface area contributed by atoms with Crippen LogP contribution in [0.25, 0.3) is 11.3 Å². The van der Waals surface area contributed by atoms with Crippen molar-refractivity contribution in [3.63, 3.8) is 0 Å². The quantitative estimate of drug-likeness (QED) is 0.588. The number of rotatable bonds is 4. The molecule has 0 saturated heterocycles. The summed E-state index contributed by atoms with van der Waals surface area (Å²) >= 11 is 0. The first kappa shape index (κ1) is 14.9. The predicted octanol–water partition coefficient (Wildman–Crippen LogP) is 3.74. The van der Waals surface area contributed by atoms with Crippen LogP contribution in [0.4, 0.5) is 5.69 Å². The summed E-state index contributed by atoms with van der Waals surface area (Å²) in [7, 11) is 0. The van der Waals surface area contributed by atoms with Crippen LogP contribution in [0.3, 0.4) is 0 Å². The lowest BCUT2D eigenvalue weighted by atomic mass is 9.95. The van der Waals surface area contributed by atoms with Gasteiger partial charge in [-0.1, -0.05) is 30.3 Å². The summed E-state index contributed by atoms with van der Waals surface area (Å²) in [6, 6.07) is 19.0. The van der Waals surface area contributed by atoms with Crippen LogP contribution in [0.1, 0.15) is 17.2 Å². The van der Waals surface area contributed by atoms with E-state index in [0.717, 1.165) is 11.3 Å². The van der Waals surface area contributed by atoms with Crippen molar-refractivity contribution in [2.24, 2.45) is 0 Å². The third-order valence-corrected chi connectivity index (χ3v) is 3.62. The van der Waals surface area contributed by atoms with Gasteiger partial charge in [-0.05, 0) is 35.4 Å². The maximum Gasteiger partial charge on any atom is 0.269 e. The van der Waals surface area contributed by atoms with Gasteiger partial charge in [0.15, 0.2) is 0 Å². The zero-order chi connectivity index (χ0) is 16.2. The van der Waals surface area contributed by atoms with Crippen LogP contribution in [0, 0.1) is 10.1 Å². The SMILES string of the molecule is O=[N+]([O-])c1ccc(C(O)c2ccccc2-c2ccccn2)cc1. The molecule has 1 atom stereocenters. The highest BCUT2D eigenvalue weighted by Gasteiger charge is 2.17. The number of hydrogen-bond acceptors (Lipinski definition) is 4. The number of nitro groups is 1. The Labute approximate surface area is 133 Å². The highest BCUT2D eigenvalue weighted by Crippen LogP contribution is 2.31. The van der Waals surface area contributed by atoms with Gasteiger partial charge < -0.3 is 5.11 Å². The monoisotopic (exact) mass is 306 g/mol. The van der Waals surface area contributed by atoms with Gasteiger partial charge in [-0.2, -0.15) is 0 Å². The van der Waals surface area contributed by atoms with Gasteiger partial charge in [-0.15, -0.1) is 0 Å². The molecule has 0 fully saturated rings. The molecule has 1 N–H and O–H groups in total. The number of aliphatic hydroxyl groups excluding tert-OH is 1. The molecule has 114 valence electrons. The number of aliphatic hydroxyl groups is 1. The highest BCUT2D eigenvalue weighted by atomic mass is 16.6. The van der Waals surface area contributed by atoms with Crippen LogP contribution in [0.5, 0.6) is 0 Å². The van der Waals surface area contributed by atoms with Crippen molar-refractivity contribution in [2.75, 3.05) is 0 Å². The average molecular weight is 306 g/mol. The van der Waals surface area contributed by atoms with Crippen LogP contribution >= 0.6 is 0 Å². The van der Waals surface area contributed by atoms with Gasteiger partial charge in [-0.3, -0.25) is 15.1 Å². The molecule has 0 amide bonds. The third kappa shape index (κ3) is 3.09. The van der Waals surface area contributed by atoms with Crippen molar-refractivity contribution in [1.82, 2.24) is 4.98 Å². The number of nitrogens with zero attached hydrogens (tertiary/aromatic N) is 2. The average Bonchev–Trinajstić information content (AvgIpc) is 2.62. The zero-order valence-corrected chi connectivity index (χ0v) is 12.2. The Balaban J connectivity index is 2.00. The molecule has 0 aliphatic rings. The minimum absolute atomic E-state index is 0.000962. The lowest BCUT2D eigenvalue weighted by Gasteiger charge is -2.15. The summed E-state index contributed by atoms with van der Waals surface area (Å²) in [5.41, 5.74) is 2.90. The molecule has 3 aromatic rings. The second kappa shape index (κ2) is 6.37. The van der Waals surface area contributed by atoms with Gasteiger partial charge in [0.05, 0.1) is 10.6 Å². The summed E-state index contributed by atoms with van der Waals surface area (Å²) in [5, 5.41) is 21.4. The number of non-ortho nitro benzene ring substituents is 1. The molecule has 2 aromatic carbocycles. The van der Waals surface area contributed by atoms with Gasteiger partial charge in [0, 0.05) is 23.9 Å². The van der Waals surface area contributed by atoms with Crippen molar-refractivity contribution in [3.05, 3.63) is 94.2 Å². The number of benzene rings is 2. The van der Waals surface area contributed by atoms with Crippen LogP contribution in [0.2, 0.25) is 0 Å². The molecule has 5 heteroatoms. The van der Waals surface area contributed by atoms with E-state index in [9.17, 15) is 15.2 Å². The second-order valence-corrected chi connectivity index (χ2v) is 5.05. The topological polar surface area (TPSA) is 76.3 Å². The molecule has 0 spiro atoms. The first-order chi connectivity index (χ1) is 11.2. The molecule has 1 heterocycles. The van der Waals surface area contributed by atoms with E-state index in [-0.39, 0.29) is 5.69 Å². The van der Waals surface area contributed by atoms with Crippen LogP contribution in [-0.4, -0.2) is 15.0 Å². The molecule has 0 aliphatic heterocycles. The second-order valence-electron chi connectivity index (χ2n) is 5.05. The maximum absolute atomic E-state index is 10.7. The minimum Gasteiger partial charge on any atom is -0.384 e. The number of nitro benzene ring substituents is 1. The fraction of sp³-hybridized carbons (Fsp3) is 0.0556. The van der Waals surface area contributed by atoms with Crippen LogP contribution < -0.4 is 0 Å². The standard InChI is InChI=1S/C18H14N2O3/c21-18(13-8-10-14(11-9-13)20(22)23)16-6-2-1-5-15(16)17-7-3-4-12-19-17/h1-12,18,21H. The molecule has 0 saturated carbocycles. The van der Waals surface area contributed by atoms with Crippen molar-refractivity contribution in [3.8, 4) is 11.3 Å². The lowest BCUT2D eigenvalue weighted by molar-refractivity contribution is -0.384. The lowest BCUT2D eigenvalue weighted by Crippen LogP contribution is -2.02. The Morgan fingerprint density at radius 1 is 0.957 bits per heavy atom. The third-order valence-electron chi connectivity index (χ3n) is 3.62. The molecular weight excluding hydrogens is 292 g/mol. The Kier molecular flexibility index (Phi) is 4.12. The van der Waals surface area contributed by atoms with Crippen LogP contribution in [0.15, 0.2) is 72.9 Å². The summed E-state index contributed by atoms with van der Waals surface area (Å²) in [6.45, 7) is 0. The molecular formula is C18H14N2O3. The van der Waals surface area contributed by atoms with E-state index in [4.69, 9.17) is 0 Å². The van der Waals surface area contributed by atoms with E-state index in [1.165, 1.54) is 12.1 Å². The van der Waals surface area contributed by atoms with Gasteiger partial charge in [-0.25, -0.2) is 0 Å². The molecule has 1 unspecified atom stereocenters. The van der Waals surface area contributed by atoms with Gasteiger partial charge in [0.1, 0.15) is 6.10 Å². The largest absolute Gasteiger partial charge is 0.384 e. The molecule has 0 aliphatic carbocycles. The molecule has 3 rings (SSSR count). The molecule has 5 nitrogen and oxygen atoms in total. The maximum atomic E-state index is 10.7. The molecule has 23 heavy (non-hydrogen) atoms. The summed E-state index contributed by atoms with van der Waals surface area (Å²) in [6.07, 6.45) is 0.818. The molecule has 0 bridgehead atoms. The summed E-state index contributed by atoms with van der Waals surface area (Å²) in [4.78, 5) is 14.6. The van der Waals surface area contributed by atoms with E-state index >= 15 is 0 Å². The highest BCUT2D eigenvalue weighted by molar-refractivity contribution is 5.65. The summed E-state index contributed by atoms with van der Waals surface area (Å²) < 4.78 is 0. The minimum atomic E-state index is -0.881. The van der Waals surface area contributed by atoms with Crippen molar-refractivity contribution >= 4 is 5.69 Å². The van der Waals surface area contributed by atoms with Crippen LogP contribution in [-0.2, 0) is 0 Å². The first-order valence-electron chi connectivity index (χ1n) is 7.09. The fourth-order valence-electron chi connectivity index (χ4n) is 2.45. The van der Waals surface area contributed by atoms with Crippen molar-refractivity contribution in [2.45, 2.75) is 6.10 Å². The Hall–Kier alpha value is -3.05. The predicted molar refractivity (Wildman–Crippen MR) is 86.8 cm³/mol. The molecule has 1 aromatic heterocycles. The van der Waals surface area contributed by atoms with Gasteiger partial charge in [0.25, 0.3) is 5.69 Å². The van der Waals surface area contributed by atoms with Crippen molar-refractivity contribution in [1.29, 1.82) is 0 Å². The van der Waals surface area contributed by atoms with E-state index in [1.807, 2.05) is 42.5 Å². The number of pyridine rings is 1. The number of aromatic nitrogens is 1. The fourth-order valence-corrected chi connectivity index (χ4v) is 2.45. The number of hydrogen-bond donors (Lipinski definition) is 1. The zero-order valence-electron chi connectivity index (χ0n) is 12.2. The van der Waals surface area contributed by atoms with Gasteiger partial charge in [0.2, 0.25) is 0 Å². The van der Waals surface area contributed by atoms with Crippen molar-refractivity contribution < 1.29 is 10.0 Å². The Bertz CT molecular complexity index is 817. The first-order valence-corrected chi connectivity index (χ1v) is 7.09. The van der Waals surface area contributed by atoms with E-state index in [1.54, 1.807) is 18.3 Å². The van der Waals surface area contributed by atoms with E-state index in [0.29, 0.717) is 11.1 Å². The Morgan fingerprint density at radius 2 is 1.65 bits per heavy atom. The van der Waals surface area contributed by atoms with E-state index in [2.05, 4.69) is 4.98 Å². The van der Waals surface area contributed by atoms with E-state index < -0.39 is 11.0 Å². The summed E-state index contributed by atoms with van der Waals surface area (Å²) in [5.74, 6) is 0. The smallest absolute Gasteiger partial charge is 0.269 e.